The van der Waals surface area contributed by atoms with Gasteiger partial charge in [-0.3, -0.25) is 15.1 Å². The van der Waals surface area contributed by atoms with Crippen LogP contribution in [0.2, 0.25) is 5.15 Å². The highest BCUT2D eigenvalue weighted by Gasteiger charge is 2.40. The van der Waals surface area contributed by atoms with Crippen molar-refractivity contribution in [3.05, 3.63) is 51.9 Å². The molecular formula is C14H13ClN4O5S. The van der Waals surface area contributed by atoms with Crippen LogP contribution in [-0.2, 0) is 10.0 Å². The van der Waals surface area contributed by atoms with Crippen molar-refractivity contribution >= 4 is 27.3 Å². The lowest BCUT2D eigenvalue weighted by molar-refractivity contribution is -0.387. The molecule has 11 heteroatoms. The van der Waals surface area contributed by atoms with Crippen LogP contribution in [0.1, 0.15) is 0 Å². The van der Waals surface area contributed by atoms with Gasteiger partial charge in [-0.25, -0.2) is 8.42 Å². The fourth-order valence-corrected chi connectivity index (χ4v) is 4.28. The van der Waals surface area contributed by atoms with Crippen LogP contribution in [0.4, 0.5) is 5.69 Å². The number of nitro benzene ring substituents is 1. The molecule has 0 saturated carbocycles. The molecule has 0 atom stereocenters. The van der Waals surface area contributed by atoms with Crippen molar-refractivity contribution in [2.24, 2.45) is 5.92 Å². The first-order chi connectivity index (χ1) is 11.9. The SMILES string of the molecule is O=[N+]([O-])c1ccccc1S(=O)(=O)N1CC(COc2cncc(Cl)n2)C1. The summed E-state index contributed by atoms with van der Waals surface area (Å²) in [7, 11) is -3.91. The second-order valence-corrected chi connectivity index (χ2v) is 7.70. The normalized spacial score (nSPS) is 15.6. The van der Waals surface area contributed by atoms with Gasteiger partial charge >= 0.3 is 0 Å². The molecule has 1 aromatic carbocycles. The summed E-state index contributed by atoms with van der Waals surface area (Å²) in [6.45, 7) is 0.669. The summed E-state index contributed by atoms with van der Waals surface area (Å²) in [6, 6.07) is 5.29. The fraction of sp³-hybridized carbons (Fsp3) is 0.286. The van der Waals surface area contributed by atoms with E-state index in [0.717, 1.165) is 0 Å². The second-order valence-electron chi connectivity index (χ2n) is 5.40. The van der Waals surface area contributed by atoms with E-state index in [1.54, 1.807) is 0 Å². The van der Waals surface area contributed by atoms with Crippen LogP contribution in [0.15, 0.2) is 41.6 Å². The Labute approximate surface area is 148 Å². The lowest BCUT2D eigenvalue weighted by Gasteiger charge is -2.37. The fourth-order valence-electron chi connectivity index (χ4n) is 2.39. The van der Waals surface area contributed by atoms with Crippen molar-refractivity contribution in [2.75, 3.05) is 19.7 Å². The van der Waals surface area contributed by atoms with Gasteiger partial charge in [0.05, 0.1) is 23.9 Å². The summed E-state index contributed by atoms with van der Waals surface area (Å²) < 4.78 is 31.7. The molecule has 1 aliphatic heterocycles. The number of benzene rings is 1. The van der Waals surface area contributed by atoms with Gasteiger partial charge in [0, 0.05) is 25.1 Å². The van der Waals surface area contributed by atoms with Crippen LogP contribution in [0.25, 0.3) is 0 Å². The van der Waals surface area contributed by atoms with Crippen LogP contribution in [0.3, 0.4) is 0 Å². The number of aromatic nitrogens is 2. The largest absolute Gasteiger partial charge is 0.476 e. The summed E-state index contributed by atoms with van der Waals surface area (Å²) in [4.78, 5) is 17.8. The van der Waals surface area contributed by atoms with Gasteiger partial charge in [0.2, 0.25) is 15.9 Å². The lowest BCUT2D eigenvalue weighted by atomic mass is 10.1. The zero-order chi connectivity index (χ0) is 18.0. The predicted molar refractivity (Wildman–Crippen MR) is 87.9 cm³/mol. The lowest BCUT2D eigenvalue weighted by Crippen LogP contribution is -2.51. The third-order valence-electron chi connectivity index (χ3n) is 3.65. The number of hydrogen-bond acceptors (Lipinski definition) is 7. The van der Waals surface area contributed by atoms with Crippen LogP contribution >= 0.6 is 11.6 Å². The van der Waals surface area contributed by atoms with Crippen LogP contribution in [0, 0.1) is 16.0 Å². The zero-order valence-corrected chi connectivity index (χ0v) is 14.4. The summed E-state index contributed by atoms with van der Waals surface area (Å²) in [5.74, 6) is 0.214. The third kappa shape index (κ3) is 3.70. The molecule has 0 aliphatic carbocycles. The molecule has 0 spiro atoms. The molecule has 132 valence electrons. The molecule has 2 aromatic rings. The van der Waals surface area contributed by atoms with E-state index in [1.165, 1.54) is 41.0 Å². The molecule has 9 nitrogen and oxygen atoms in total. The van der Waals surface area contributed by atoms with E-state index in [-0.39, 0.29) is 41.5 Å². The number of sulfonamides is 1. The molecule has 1 aromatic heterocycles. The Morgan fingerprint density at radius 2 is 2.04 bits per heavy atom. The standard InChI is InChI=1S/C14H13ClN4O5S/c15-13-5-16-6-14(17-13)24-9-10-7-18(8-10)25(22,23)12-4-2-1-3-11(12)19(20)21/h1-6,10H,7-9H2. The van der Waals surface area contributed by atoms with Gasteiger partial charge < -0.3 is 4.74 Å². The Kier molecular flexibility index (Phi) is 4.84. The highest BCUT2D eigenvalue weighted by Crippen LogP contribution is 2.30. The summed E-state index contributed by atoms with van der Waals surface area (Å²) in [6.07, 6.45) is 2.78. The third-order valence-corrected chi connectivity index (χ3v) is 5.71. The van der Waals surface area contributed by atoms with Gasteiger partial charge in [-0.1, -0.05) is 23.7 Å². The topological polar surface area (TPSA) is 116 Å². The Hall–Kier alpha value is -2.30. The average molecular weight is 385 g/mol. The molecule has 0 N–H and O–H groups in total. The summed E-state index contributed by atoms with van der Waals surface area (Å²) in [5, 5.41) is 11.2. The number of rotatable bonds is 6. The van der Waals surface area contributed by atoms with E-state index in [0.29, 0.717) is 0 Å². The number of halogens is 1. The minimum absolute atomic E-state index is 0.0432. The Morgan fingerprint density at radius 3 is 2.72 bits per heavy atom. The first-order valence-electron chi connectivity index (χ1n) is 7.22. The molecule has 0 bridgehead atoms. The van der Waals surface area contributed by atoms with E-state index >= 15 is 0 Å². The van der Waals surface area contributed by atoms with E-state index in [4.69, 9.17) is 16.3 Å². The minimum atomic E-state index is -3.91. The molecule has 2 heterocycles. The van der Waals surface area contributed by atoms with Crippen molar-refractivity contribution in [1.29, 1.82) is 0 Å². The summed E-state index contributed by atoms with van der Waals surface area (Å²) >= 11 is 5.70. The number of ether oxygens (including phenoxy) is 1. The maximum Gasteiger partial charge on any atom is 0.289 e. The van der Waals surface area contributed by atoms with Gasteiger partial charge in [0.25, 0.3) is 5.69 Å². The predicted octanol–water partition coefficient (Wildman–Crippen LogP) is 1.74. The van der Waals surface area contributed by atoms with Gasteiger partial charge in [-0.15, -0.1) is 0 Å². The smallest absolute Gasteiger partial charge is 0.289 e. The van der Waals surface area contributed by atoms with E-state index < -0.39 is 20.6 Å². The Balaban J connectivity index is 1.63. The van der Waals surface area contributed by atoms with Gasteiger partial charge in [0.15, 0.2) is 10.0 Å². The molecule has 3 rings (SSSR count). The van der Waals surface area contributed by atoms with Crippen molar-refractivity contribution in [1.82, 2.24) is 14.3 Å². The van der Waals surface area contributed by atoms with Crippen molar-refractivity contribution in [3.63, 3.8) is 0 Å². The highest BCUT2D eigenvalue weighted by atomic mass is 35.5. The molecule has 1 saturated heterocycles. The quantitative estimate of drug-likeness (QED) is 0.550. The van der Waals surface area contributed by atoms with Gasteiger partial charge in [0.1, 0.15) is 0 Å². The van der Waals surface area contributed by atoms with Crippen molar-refractivity contribution < 1.29 is 18.1 Å². The molecule has 1 fully saturated rings. The van der Waals surface area contributed by atoms with Crippen LogP contribution in [-0.4, -0.2) is 47.3 Å². The zero-order valence-electron chi connectivity index (χ0n) is 12.8. The maximum atomic E-state index is 12.5. The second kappa shape index (κ2) is 6.90. The number of nitro groups is 1. The van der Waals surface area contributed by atoms with Gasteiger partial charge in [-0.2, -0.15) is 9.29 Å². The minimum Gasteiger partial charge on any atom is -0.476 e. The van der Waals surface area contributed by atoms with E-state index in [9.17, 15) is 18.5 Å². The maximum absolute atomic E-state index is 12.5. The first-order valence-corrected chi connectivity index (χ1v) is 9.03. The van der Waals surface area contributed by atoms with E-state index in [2.05, 4.69) is 9.97 Å². The Bertz CT molecular complexity index is 902. The molecule has 25 heavy (non-hydrogen) atoms. The molecular weight excluding hydrogens is 372 g/mol. The van der Waals surface area contributed by atoms with Gasteiger partial charge in [-0.05, 0) is 6.07 Å². The number of hydrogen-bond donors (Lipinski definition) is 0. The Morgan fingerprint density at radius 1 is 1.32 bits per heavy atom. The molecule has 0 unspecified atom stereocenters. The van der Waals surface area contributed by atoms with Crippen LogP contribution < -0.4 is 4.74 Å². The van der Waals surface area contributed by atoms with Crippen molar-refractivity contribution in [2.45, 2.75) is 4.90 Å². The first kappa shape index (κ1) is 17.5. The highest BCUT2D eigenvalue weighted by molar-refractivity contribution is 7.89. The number of nitrogens with zero attached hydrogens (tertiary/aromatic N) is 4. The van der Waals surface area contributed by atoms with Crippen molar-refractivity contribution in [3.8, 4) is 5.88 Å². The molecule has 1 aliphatic rings. The van der Waals surface area contributed by atoms with E-state index in [1.807, 2.05) is 0 Å². The number of para-hydroxylation sites is 1. The summed E-state index contributed by atoms with van der Waals surface area (Å²) in [5.41, 5.74) is -0.434. The van der Waals surface area contributed by atoms with Crippen LogP contribution in [0.5, 0.6) is 5.88 Å². The molecule has 0 radical (unpaired) electrons. The molecule has 0 amide bonds. The average Bonchev–Trinajstić information content (AvgIpc) is 2.53. The monoisotopic (exact) mass is 384 g/mol.